The lowest BCUT2D eigenvalue weighted by molar-refractivity contribution is 0.447. The average molecular weight is 202 g/mol. The Kier molecular flexibility index (Phi) is 2.25. The number of benzene rings is 1. The molecular weight excluding hydrogens is 192 g/mol. The molecule has 2 rings (SSSR count). The molecule has 4 heteroatoms. The van der Waals surface area contributed by atoms with Crippen molar-refractivity contribution < 1.29 is 5.11 Å². The first-order chi connectivity index (χ1) is 7.18. The van der Waals surface area contributed by atoms with Gasteiger partial charge in [-0.15, -0.1) is 0 Å². The van der Waals surface area contributed by atoms with Crippen molar-refractivity contribution in [1.82, 2.24) is 9.55 Å². The summed E-state index contributed by atoms with van der Waals surface area (Å²) in [5, 5.41) is 9.14. The maximum atomic E-state index is 11.6. The molecule has 1 heterocycles. The van der Waals surface area contributed by atoms with Crippen LogP contribution >= 0.6 is 0 Å². The van der Waals surface area contributed by atoms with Crippen molar-refractivity contribution in [2.45, 2.75) is 6.92 Å². The Labute approximate surface area is 86.5 Å². The number of hydrogen-bond acceptors (Lipinski definition) is 3. The zero-order chi connectivity index (χ0) is 10.8. The number of aromatic hydroxyl groups is 1. The maximum Gasteiger partial charge on any atom is 0.261 e. The van der Waals surface area contributed by atoms with Gasteiger partial charge >= 0.3 is 0 Å². The van der Waals surface area contributed by atoms with Gasteiger partial charge in [0.2, 0.25) is 5.88 Å². The fourth-order valence-corrected chi connectivity index (χ4v) is 1.47. The predicted molar refractivity (Wildman–Crippen MR) is 56.2 cm³/mol. The minimum atomic E-state index is -0.286. The summed E-state index contributed by atoms with van der Waals surface area (Å²) in [4.78, 5) is 15.5. The standard InChI is InChI=1S/C11H10N2O2/c1-8-12-10(14)7-11(15)13(8)9-5-3-2-4-6-9/h2-7,14H,1H3. The molecule has 0 aliphatic carbocycles. The molecule has 0 saturated heterocycles. The van der Waals surface area contributed by atoms with E-state index in [0.29, 0.717) is 5.82 Å². The number of hydrogen-bond donors (Lipinski definition) is 1. The van der Waals surface area contributed by atoms with Crippen molar-refractivity contribution in [3.63, 3.8) is 0 Å². The Bertz CT molecular complexity index is 532. The lowest BCUT2D eigenvalue weighted by atomic mass is 10.3. The van der Waals surface area contributed by atoms with Gasteiger partial charge in [0.25, 0.3) is 5.56 Å². The van der Waals surface area contributed by atoms with Gasteiger partial charge in [-0.25, -0.2) is 4.98 Å². The molecule has 0 spiro atoms. The minimum absolute atomic E-state index is 0.246. The number of nitrogens with zero attached hydrogens (tertiary/aromatic N) is 2. The molecule has 0 atom stereocenters. The molecule has 0 radical (unpaired) electrons. The molecule has 4 nitrogen and oxygen atoms in total. The Balaban J connectivity index is 2.69. The van der Waals surface area contributed by atoms with Crippen LogP contribution in [0.3, 0.4) is 0 Å². The van der Waals surface area contributed by atoms with E-state index in [-0.39, 0.29) is 11.4 Å². The first kappa shape index (κ1) is 9.45. The van der Waals surface area contributed by atoms with E-state index < -0.39 is 0 Å². The summed E-state index contributed by atoms with van der Waals surface area (Å²) in [7, 11) is 0. The highest BCUT2D eigenvalue weighted by molar-refractivity contribution is 5.33. The SMILES string of the molecule is Cc1nc(O)cc(=O)n1-c1ccccc1. The summed E-state index contributed by atoms with van der Waals surface area (Å²) >= 11 is 0. The minimum Gasteiger partial charge on any atom is -0.493 e. The molecule has 0 aliphatic rings. The largest absolute Gasteiger partial charge is 0.493 e. The normalized spacial score (nSPS) is 10.2. The van der Waals surface area contributed by atoms with Crippen molar-refractivity contribution in [3.8, 4) is 11.6 Å². The van der Waals surface area contributed by atoms with Crippen LogP contribution in [0.25, 0.3) is 5.69 Å². The zero-order valence-electron chi connectivity index (χ0n) is 8.21. The van der Waals surface area contributed by atoms with E-state index in [4.69, 9.17) is 5.11 Å². The molecule has 1 aromatic heterocycles. The lowest BCUT2D eigenvalue weighted by Crippen LogP contribution is -2.20. The first-order valence-electron chi connectivity index (χ1n) is 4.53. The second kappa shape index (κ2) is 3.57. The summed E-state index contributed by atoms with van der Waals surface area (Å²) < 4.78 is 1.44. The van der Waals surface area contributed by atoms with Crippen LogP contribution < -0.4 is 5.56 Å². The highest BCUT2D eigenvalue weighted by Gasteiger charge is 2.05. The van der Waals surface area contributed by atoms with E-state index in [9.17, 15) is 4.79 Å². The molecule has 2 aromatic rings. The van der Waals surface area contributed by atoms with Crippen LogP contribution in [0, 0.1) is 6.92 Å². The van der Waals surface area contributed by atoms with Crippen LogP contribution in [-0.4, -0.2) is 14.7 Å². The maximum absolute atomic E-state index is 11.6. The van der Waals surface area contributed by atoms with Crippen LogP contribution in [0.1, 0.15) is 5.82 Å². The summed E-state index contributed by atoms with van der Waals surface area (Å²) in [6.07, 6.45) is 0. The quantitative estimate of drug-likeness (QED) is 0.757. The summed E-state index contributed by atoms with van der Waals surface area (Å²) in [5.74, 6) is 0.218. The van der Waals surface area contributed by atoms with Gasteiger partial charge in [0, 0.05) is 0 Å². The molecule has 0 fully saturated rings. The highest BCUT2D eigenvalue weighted by Crippen LogP contribution is 2.08. The highest BCUT2D eigenvalue weighted by atomic mass is 16.3. The Hall–Kier alpha value is -2.10. The van der Waals surface area contributed by atoms with Gasteiger partial charge in [0.15, 0.2) is 0 Å². The second-order valence-electron chi connectivity index (χ2n) is 3.17. The molecule has 1 N–H and O–H groups in total. The molecule has 0 saturated carbocycles. The number of aryl methyl sites for hydroxylation is 1. The van der Waals surface area contributed by atoms with Crippen LogP contribution in [0.15, 0.2) is 41.2 Å². The second-order valence-corrected chi connectivity index (χ2v) is 3.17. The van der Waals surface area contributed by atoms with Crippen LogP contribution in [0.4, 0.5) is 0 Å². The smallest absolute Gasteiger partial charge is 0.261 e. The molecule has 76 valence electrons. The molecular formula is C11H10N2O2. The van der Waals surface area contributed by atoms with Gasteiger partial charge in [-0.2, -0.15) is 0 Å². The van der Waals surface area contributed by atoms with Gasteiger partial charge in [0.05, 0.1) is 11.8 Å². The Morgan fingerprint density at radius 1 is 1.27 bits per heavy atom. The van der Waals surface area contributed by atoms with Crippen LogP contribution in [0.5, 0.6) is 5.88 Å². The van der Waals surface area contributed by atoms with Crippen molar-refractivity contribution in [1.29, 1.82) is 0 Å². The van der Waals surface area contributed by atoms with Gasteiger partial charge in [-0.3, -0.25) is 9.36 Å². The van der Waals surface area contributed by atoms with Crippen molar-refractivity contribution in [2.75, 3.05) is 0 Å². The number of para-hydroxylation sites is 1. The number of rotatable bonds is 1. The van der Waals surface area contributed by atoms with Crippen LogP contribution in [-0.2, 0) is 0 Å². The molecule has 1 aromatic carbocycles. The third-order valence-electron chi connectivity index (χ3n) is 2.09. The predicted octanol–water partition coefficient (Wildman–Crippen LogP) is 1.25. The lowest BCUT2D eigenvalue weighted by Gasteiger charge is -2.08. The zero-order valence-corrected chi connectivity index (χ0v) is 8.21. The van der Waals surface area contributed by atoms with Crippen molar-refractivity contribution >= 4 is 0 Å². The number of aromatic nitrogens is 2. The summed E-state index contributed by atoms with van der Waals surface area (Å²) in [5.41, 5.74) is 0.457. The van der Waals surface area contributed by atoms with E-state index in [1.165, 1.54) is 4.57 Å². The van der Waals surface area contributed by atoms with E-state index in [1.807, 2.05) is 30.3 Å². The fraction of sp³-hybridized carbons (Fsp3) is 0.0909. The molecule has 0 unspecified atom stereocenters. The summed E-state index contributed by atoms with van der Waals surface area (Å²) in [6.45, 7) is 1.67. The molecule has 0 aliphatic heterocycles. The van der Waals surface area contributed by atoms with Gasteiger partial charge < -0.3 is 5.11 Å². The molecule has 0 amide bonds. The monoisotopic (exact) mass is 202 g/mol. The van der Waals surface area contributed by atoms with E-state index in [0.717, 1.165) is 11.8 Å². The molecule has 15 heavy (non-hydrogen) atoms. The van der Waals surface area contributed by atoms with E-state index in [2.05, 4.69) is 4.98 Å². The van der Waals surface area contributed by atoms with Gasteiger partial charge in [-0.05, 0) is 19.1 Å². The van der Waals surface area contributed by atoms with Crippen LogP contribution in [0.2, 0.25) is 0 Å². The topological polar surface area (TPSA) is 55.1 Å². The fourth-order valence-electron chi connectivity index (χ4n) is 1.47. The van der Waals surface area contributed by atoms with Crippen molar-refractivity contribution in [3.05, 3.63) is 52.6 Å². The van der Waals surface area contributed by atoms with E-state index in [1.54, 1.807) is 6.92 Å². The Morgan fingerprint density at radius 2 is 1.93 bits per heavy atom. The summed E-state index contributed by atoms with van der Waals surface area (Å²) in [6, 6.07) is 10.3. The molecule has 0 bridgehead atoms. The first-order valence-corrected chi connectivity index (χ1v) is 4.53. The van der Waals surface area contributed by atoms with Gasteiger partial charge in [0.1, 0.15) is 5.82 Å². The average Bonchev–Trinajstić information content (AvgIpc) is 2.17. The Morgan fingerprint density at radius 3 is 2.53 bits per heavy atom. The van der Waals surface area contributed by atoms with Gasteiger partial charge in [-0.1, -0.05) is 18.2 Å². The third-order valence-corrected chi connectivity index (χ3v) is 2.09. The van der Waals surface area contributed by atoms with Crippen molar-refractivity contribution in [2.24, 2.45) is 0 Å². The third kappa shape index (κ3) is 1.74. The van der Waals surface area contributed by atoms with E-state index >= 15 is 0 Å².